The Balaban J connectivity index is 1.49. The van der Waals surface area contributed by atoms with E-state index in [1.807, 2.05) is 31.2 Å². The van der Waals surface area contributed by atoms with E-state index < -0.39 is 10.0 Å². The van der Waals surface area contributed by atoms with E-state index in [0.717, 1.165) is 35.5 Å². The first kappa shape index (κ1) is 23.2. The summed E-state index contributed by atoms with van der Waals surface area (Å²) < 4.78 is 32.6. The molecule has 9 nitrogen and oxygen atoms in total. The maximum absolute atomic E-state index is 13.3. The van der Waals surface area contributed by atoms with Crippen LogP contribution in [0.5, 0.6) is 0 Å². The van der Waals surface area contributed by atoms with Gasteiger partial charge in [0.15, 0.2) is 0 Å². The highest BCUT2D eigenvalue weighted by atomic mass is 32.2. The smallest absolute Gasteiger partial charge is 0.254 e. The number of aromatic amines is 1. The third-order valence-electron chi connectivity index (χ3n) is 5.81. The Morgan fingerprint density at radius 3 is 2.76 bits per heavy atom. The molecule has 0 radical (unpaired) electrons. The lowest BCUT2D eigenvalue weighted by molar-refractivity contribution is 0.0766. The first-order valence-electron chi connectivity index (χ1n) is 11.0. The summed E-state index contributed by atoms with van der Waals surface area (Å²) >= 11 is 0. The summed E-state index contributed by atoms with van der Waals surface area (Å²) in [5.74, 6) is 0.643. The lowest BCUT2D eigenvalue weighted by Gasteiger charge is -2.23. The van der Waals surface area contributed by atoms with Crippen molar-refractivity contribution < 1.29 is 17.9 Å². The summed E-state index contributed by atoms with van der Waals surface area (Å²) in [6, 6.07) is 12.6. The van der Waals surface area contributed by atoms with Crippen molar-refractivity contribution in [1.29, 1.82) is 0 Å². The number of nitrogens with one attached hydrogen (secondary N) is 2. The number of anilines is 1. The van der Waals surface area contributed by atoms with E-state index in [0.29, 0.717) is 25.2 Å². The summed E-state index contributed by atoms with van der Waals surface area (Å²) in [5, 5.41) is 0. The van der Waals surface area contributed by atoms with Crippen molar-refractivity contribution >= 4 is 32.9 Å². The highest BCUT2D eigenvalue weighted by Gasteiger charge is 2.24. The number of carbonyl (C=O) groups excluding carboxylic acids is 1. The van der Waals surface area contributed by atoms with Crippen molar-refractivity contribution in [3.63, 3.8) is 0 Å². The largest absolute Gasteiger partial charge is 0.383 e. The number of amides is 1. The highest BCUT2D eigenvalue weighted by Crippen LogP contribution is 2.21. The predicted molar refractivity (Wildman–Crippen MR) is 127 cm³/mol. The third-order valence-corrected chi connectivity index (χ3v) is 7.27. The molecule has 2 aromatic carbocycles. The molecule has 176 valence electrons. The van der Waals surface area contributed by atoms with E-state index in [-0.39, 0.29) is 24.0 Å². The Morgan fingerprint density at radius 2 is 1.97 bits per heavy atom. The molecular formula is C23H29N5O4S. The number of imidazole rings is 1. The van der Waals surface area contributed by atoms with Crippen LogP contribution in [0.1, 0.15) is 22.3 Å². The van der Waals surface area contributed by atoms with Gasteiger partial charge in [-0.25, -0.2) is 18.1 Å². The van der Waals surface area contributed by atoms with Crippen LogP contribution in [0.2, 0.25) is 0 Å². The maximum atomic E-state index is 13.3. The minimum absolute atomic E-state index is 0.0753. The average molecular weight is 472 g/mol. The number of para-hydroxylation sites is 2. The normalized spacial score (nSPS) is 15.1. The van der Waals surface area contributed by atoms with Gasteiger partial charge in [0, 0.05) is 45.4 Å². The number of hydrogen-bond acceptors (Lipinski definition) is 6. The Labute approximate surface area is 193 Å². The van der Waals surface area contributed by atoms with Gasteiger partial charge in [0.2, 0.25) is 16.0 Å². The molecule has 0 bridgehead atoms. The Hall–Kier alpha value is -2.95. The average Bonchev–Trinajstić information content (AvgIpc) is 3.08. The molecular weight excluding hydrogens is 442 g/mol. The van der Waals surface area contributed by atoms with Gasteiger partial charge in [-0.3, -0.25) is 4.79 Å². The van der Waals surface area contributed by atoms with Crippen LogP contribution in [0.25, 0.3) is 11.0 Å². The van der Waals surface area contributed by atoms with E-state index in [9.17, 15) is 13.2 Å². The Kier molecular flexibility index (Phi) is 6.96. The summed E-state index contributed by atoms with van der Waals surface area (Å²) in [6.07, 6.45) is 0.790. The van der Waals surface area contributed by atoms with E-state index in [2.05, 4.69) is 19.6 Å². The predicted octanol–water partition coefficient (Wildman–Crippen LogP) is 2.15. The molecule has 0 aliphatic carbocycles. The number of nitrogens with zero attached hydrogens (tertiary/aromatic N) is 3. The summed E-state index contributed by atoms with van der Waals surface area (Å²) in [7, 11) is -2.21. The van der Waals surface area contributed by atoms with Crippen LogP contribution in [-0.2, 0) is 14.8 Å². The molecule has 4 rings (SSSR count). The third kappa shape index (κ3) is 5.18. The number of aromatic nitrogens is 2. The summed E-state index contributed by atoms with van der Waals surface area (Å²) in [6.45, 7) is 4.80. The molecule has 1 amide bonds. The number of ether oxygens (including phenoxy) is 1. The number of rotatable bonds is 7. The Bertz CT molecular complexity index is 1210. The molecule has 1 fully saturated rings. The fourth-order valence-corrected chi connectivity index (χ4v) is 4.99. The molecule has 1 aliphatic heterocycles. The molecule has 33 heavy (non-hydrogen) atoms. The quantitative estimate of drug-likeness (QED) is 0.512. The second-order valence-electron chi connectivity index (χ2n) is 8.08. The second-order valence-corrected chi connectivity index (χ2v) is 9.84. The lowest BCUT2D eigenvalue weighted by Crippen LogP contribution is -2.36. The van der Waals surface area contributed by atoms with E-state index >= 15 is 0 Å². The van der Waals surface area contributed by atoms with Gasteiger partial charge < -0.3 is 19.5 Å². The van der Waals surface area contributed by atoms with Crippen molar-refractivity contribution in [3.8, 4) is 0 Å². The number of H-pyrrole nitrogens is 1. The first-order valence-corrected chi connectivity index (χ1v) is 12.5. The van der Waals surface area contributed by atoms with Gasteiger partial charge in [0.25, 0.3) is 5.91 Å². The number of fused-ring (bicyclic) bond motifs is 1. The minimum atomic E-state index is -3.72. The molecule has 0 saturated carbocycles. The fourth-order valence-electron chi connectivity index (χ4n) is 3.95. The number of aryl methyl sites for hydroxylation is 1. The van der Waals surface area contributed by atoms with E-state index in [1.54, 1.807) is 11.0 Å². The van der Waals surface area contributed by atoms with Crippen LogP contribution in [0.3, 0.4) is 0 Å². The van der Waals surface area contributed by atoms with Gasteiger partial charge in [-0.2, -0.15) is 0 Å². The van der Waals surface area contributed by atoms with Gasteiger partial charge >= 0.3 is 0 Å². The van der Waals surface area contributed by atoms with E-state index in [4.69, 9.17) is 4.74 Å². The second kappa shape index (κ2) is 9.90. The number of methoxy groups -OCH3 is 1. The highest BCUT2D eigenvalue weighted by molar-refractivity contribution is 7.89. The van der Waals surface area contributed by atoms with Crippen molar-refractivity contribution in [1.82, 2.24) is 19.6 Å². The lowest BCUT2D eigenvalue weighted by atomic mass is 10.1. The molecule has 1 aliphatic rings. The van der Waals surface area contributed by atoms with E-state index in [1.165, 1.54) is 19.2 Å². The van der Waals surface area contributed by atoms with Crippen LogP contribution in [0.15, 0.2) is 47.4 Å². The SMILES string of the molecule is COCCNS(=O)(=O)c1ccc(C)c(C(=O)N2CCCN(c3nc4ccccc4[nH]3)CC2)c1. The number of hydrogen-bond donors (Lipinski definition) is 2. The molecule has 1 saturated heterocycles. The summed E-state index contributed by atoms with van der Waals surface area (Å²) in [4.78, 5) is 25.4. The number of carbonyl (C=O) groups is 1. The van der Waals surface area contributed by atoms with Crippen molar-refractivity contribution in [2.24, 2.45) is 0 Å². The molecule has 2 heterocycles. The first-order chi connectivity index (χ1) is 15.9. The van der Waals surface area contributed by atoms with Crippen molar-refractivity contribution in [2.75, 3.05) is 51.3 Å². The number of benzene rings is 2. The van der Waals surface area contributed by atoms with Gasteiger partial charge in [-0.1, -0.05) is 18.2 Å². The number of sulfonamides is 1. The molecule has 0 atom stereocenters. The van der Waals surface area contributed by atoms with Crippen LogP contribution in [0, 0.1) is 6.92 Å². The van der Waals surface area contributed by atoms with Gasteiger partial charge in [0.05, 0.1) is 22.5 Å². The fraction of sp³-hybridized carbons (Fsp3) is 0.391. The molecule has 0 spiro atoms. The van der Waals surface area contributed by atoms with Crippen LogP contribution in [-0.4, -0.2) is 75.6 Å². The van der Waals surface area contributed by atoms with Gasteiger partial charge in [-0.15, -0.1) is 0 Å². The van der Waals surface area contributed by atoms with Gasteiger partial charge in [0.1, 0.15) is 0 Å². The maximum Gasteiger partial charge on any atom is 0.254 e. The Morgan fingerprint density at radius 1 is 1.15 bits per heavy atom. The zero-order valence-corrected chi connectivity index (χ0v) is 19.7. The standard InChI is InChI=1S/C23H29N5O4S/c1-17-8-9-18(33(30,31)24-10-15-32-2)16-19(17)22(29)27-11-5-12-28(14-13-27)23-25-20-6-3-4-7-21(20)26-23/h3-4,6-9,16,24H,5,10-15H2,1-2H3,(H,25,26). The minimum Gasteiger partial charge on any atom is -0.383 e. The van der Waals surface area contributed by atoms with Crippen LogP contribution in [0.4, 0.5) is 5.95 Å². The monoisotopic (exact) mass is 471 g/mol. The molecule has 0 unspecified atom stereocenters. The zero-order valence-electron chi connectivity index (χ0n) is 18.9. The zero-order chi connectivity index (χ0) is 23.4. The van der Waals surface area contributed by atoms with Crippen molar-refractivity contribution in [2.45, 2.75) is 18.2 Å². The molecule has 2 N–H and O–H groups in total. The van der Waals surface area contributed by atoms with Crippen LogP contribution < -0.4 is 9.62 Å². The molecule has 10 heteroatoms. The molecule has 1 aromatic heterocycles. The topological polar surface area (TPSA) is 108 Å². The summed E-state index contributed by atoms with van der Waals surface area (Å²) in [5.41, 5.74) is 3.05. The van der Waals surface area contributed by atoms with Crippen LogP contribution >= 0.6 is 0 Å². The van der Waals surface area contributed by atoms with Crippen molar-refractivity contribution in [3.05, 3.63) is 53.6 Å². The molecule has 3 aromatic rings. The van der Waals surface area contributed by atoms with Gasteiger partial charge in [-0.05, 0) is 43.2 Å².